The maximum atomic E-state index is 12.6. The highest BCUT2D eigenvalue weighted by Gasteiger charge is 2.41. The Hall–Kier alpha value is -2.09. The molecule has 2 N–H and O–H groups in total. The van der Waals surface area contributed by atoms with E-state index in [4.69, 9.17) is 0 Å². The van der Waals surface area contributed by atoms with E-state index in [0.717, 1.165) is 11.4 Å². The number of nitrogens with zero attached hydrogens (tertiary/aromatic N) is 1. The maximum Gasteiger partial charge on any atom is 0.471 e. The van der Waals surface area contributed by atoms with Crippen LogP contribution in [0.15, 0.2) is 24.3 Å². The normalized spacial score (nSPS) is 14.2. The molecule has 0 heterocycles. The van der Waals surface area contributed by atoms with Gasteiger partial charge in [-0.05, 0) is 49.9 Å². The fourth-order valence-corrected chi connectivity index (χ4v) is 2.39. The molecule has 0 aliphatic heterocycles. The number of anilines is 1. The first-order valence-electron chi connectivity index (χ1n) is 8.25. The number of alkyl halides is 3. The lowest BCUT2D eigenvalue weighted by Gasteiger charge is -2.22. The standard InChI is InChI=1S/C17H22F3N3O2/c1-2-23(16(25)17(18,19)20)11-13-4-3-5-14(8-13)22-15(24)10-21-9-12-6-7-12/h3-5,8,12,21H,2,6-7,9-11H2,1H3,(H,22,24). The van der Waals surface area contributed by atoms with Gasteiger partial charge in [0.1, 0.15) is 0 Å². The van der Waals surface area contributed by atoms with Crippen molar-refractivity contribution in [2.75, 3.05) is 25.0 Å². The van der Waals surface area contributed by atoms with Crippen molar-refractivity contribution in [3.8, 4) is 0 Å². The van der Waals surface area contributed by atoms with Crippen molar-refractivity contribution in [3.05, 3.63) is 29.8 Å². The van der Waals surface area contributed by atoms with E-state index in [1.54, 1.807) is 24.3 Å². The summed E-state index contributed by atoms with van der Waals surface area (Å²) in [6.07, 6.45) is -2.50. The largest absolute Gasteiger partial charge is 0.471 e. The molecule has 1 aliphatic carbocycles. The fourth-order valence-electron chi connectivity index (χ4n) is 2.39. The van der Waals surface area contributed by atoms with Crippen LogP contribution in [0.2, 0.25) is 0 Å². The summed E-state index contributed by atoms with van der Waals surface area (Å²) in [7, 11) is 0. The summed E-state index contributed by atoms with van der Waals surface area (Å²) < 4.78 is 37.7. The molecular weight excluding hydrogens is 335 g/mol. The highest BCUT2D eigenvalue weighted by Crippen LogP contribution is 2.27. The minimum Gasteiger partial charge on any atom is -0.331 e. The van der Waals surface area contributed by atoms with E-state index in [2.05, 4.69) is 10.6 Å². The zero-order valence-electron chi connectivity index (χ0n) is 14.0. The first-order valence-corrected chi connectivity index (χ1v) is 8.25. The van der Waals surface area contributed by atoms with Crippen molar-refractivity contribution in [2.24, 2.45) is 5.92 Å². The summed E-state index contributed by atoms with van der Waals surface area (Å²) in [5, 5.41) is 5.77. The number of nitrogens with one attached hydrogen (secondary N) is 2. The summed E-state index contributed by atoms with van der Waals surface area (Å²) in [6.45, 7) is 2.27. The predicted octanol–water partition coefficient (Wildman–Crippen LogP) is 2.54. The molecule has 0 atom stereocenters. The maximum absolute atomic E-state index is 12.6. The van der Waals surface area contributed by atoms with Gasteiger partial charge in [-0.15, -0.1) is 0 Å². The number of hydrogen-bond donors (Lipinski definition) is 2. The van der Waals surface area contributed by atoms with Crippen LogP contribution >= 0.6 is 0 Å². The predicted molar refractivity (Wildman–Crippen MR) is 87.8 cm³/mol. The Kier molecular flexibility index (Phi) is 6.41. The minimum absolute atomic E-state index is 0.0555. The molecule has 0 spiro atoms. The van der Waals surface area contributed by atoms with Crippen molar-refractivity contribution in [1.29, 1.82) is 0 Å². The number of carbonyl (C=O) groups excluding carboxylic acids is 2. The second kappa shape index (κ2) is 8.33. The summed E-state index contributed by atoms with van der Waals surface area (Å²) in [6, 6.07) is 6.48. The molecule has 1 aromatic rings. The smallest absolute Gasteiger partial charge is 0.331 e. The molecule has 1 saturated carbocycles. The van der Waals surface area contributed by atoms with E-state index in [0.29, 0.717) is 17.2 Å². The lowest BCUT2D eigenvalue weighted by atomic mass is 10.2. The van der Waals surface area contributed by atoms with Crippen molar-refractivity contribution in [1.82, 2.24) is 10.2 Å². The van der Waals surface area contributed by atoms with E-state index < -0.39 is 12.1 Å². The van der Waals surface area contributed by atoms with Gasteiger partial charge in [0.05, 0.1) is 6.54 Å². The highest BCUT2D eigenvalue weighted by molar-refractivity contribution is 5.92. The third kappa shape index (κ3) is 6.38. The van der Waals surface area contributed by atoms with Crippen LogP contribution in [-0.2, 0) is 16.1 Å². The van der Waals surface area contributed by atoms with E-state index in [-0.39, 0.29) is 25.5 Å². The molecule has 25 heavy (non-hydrogen) atoms. The highest BCUT2D eigenvalue weighted by atomic mass is 19.4. The molecule has 1 fully saturated rings. The second-order valence-electron chi connectivity index (χ2n) is 6.14. The molecule has 1 aliphatic rings. The van der Waals surface area contributed by atoms with Gasteiger partial charge >= 0.3 is 12.1 Å². The number of halogens is 3. The summed E-state index contributed by atoms with van der Waals surface area (Å²) in [5.74, 6) is -1.41. The van der Waals surface area contributed by atoms with Gasteiger partial charge in [0.25, 0.3) is 0 Å². The number of carbonyl (C=O) groups is 2. The van der Waals surface area contributed by atoms with Gasteiger partial charge in [-0.25, -0.2) is 0 Å². The monoisotopic (exact) mass is 357 g/mol. The van der Waals surface area contributed by atoms with Gasteiger partial charge < -0.3 is 15.5 Å². The lowest BCUT2D eigenvalue weighted by molar-refractivity contribution is -0.185. The van der Waals surface area contributed by atoms with Crippen LogP contribution in [0.5, 0.6) is 0 Å². The molecule has 138 valence electrons. The van der Waals surface area contributed by atoms with Crippen LogP contribution in [0.4, 0.5) is 18.9 Å². The zero-order chi connectivity index (χ0) is 18.4. The molecule has 0 saturated heterocycles. The molecule has 0 aromatic heterocycles. The number of rotatable bonds is 8. The summed E-state index contributed by atoms with van der Waals surface area (Å²) in [5.41, 5.74) is 1.01. The SMILES string of the molecule is CCN(Cc1cccc(NC(=O)CNCC2CC2)c1)C(=O)C(F)(F)F. The summed E-state index contributed by atoms with van der Waals surface area (Å²) >= 11 is 0. The third-order valence-electron chi connectivity index (χ3n) is 3.91. The Labute approximate surface area is 144 Å². The van der Waals surface area contributed by atoms with Crippen molar-refractivity contribution < 1.29 is 22.8 Å². The van der Waals surface area contributed by atoms with E-state index >= 15 is 0 Å². The van der Waals surface area contributed by atoms with Crippen LogP contribution in [0, 0.1) is 5.92 Å². The molecule has 5 nitrogen and oxygen atoms in total. The van der Waals surface area contributed by atoms with Gasteiger partial charge in [-0.3, -0.25) is 9.59 Å². The van der Waals surface area contributed by atoms with Crippen LogP contribution in [0.3, 0.4) is 0 Å². The lowest BCUT2D eigenvalue weighted by Crippen LogP contribution is -2.40. The van der Waals surface area contributed by atoms with Gasteiger partial charge in [-0.2, -0.15) is 13.2 Å². The molecule has 0 radical (unpaired) electrons. The number of benzene rings is 1. The van der Waals surface area contributed by atoms with E-state index in [1.165, 1.54) is 19.8 Å². The Bertz CT molecular complexity index is 615. The third-order valence-corrected chi connectivity index (χ3v) is 3.91. The average Bonchev–Trinajstić information content (AvgIpc) is 3.35. The molecule has 1 aromatic carbocycles. The molecule has 2 rings (SSSR count). The van der Waals surface area contributed by atoms with Crippen molar-refractivity contribution in [3.63, 3.8) is 0 Å². The number of amides is 2. The van der Waals surface area contributed by atoms with Crippen LogP contribution in [-0.4, -0.2) is 42.5 Å². The first kappa shape index (κ1) is 19.2. The van der Waals surface area contributed by atoms with Gasteiger partial charge in [-0.1, -0.05) is 12.1 Å². The molecule has 2 amide bonds. The molecule has 0 bridgehead atoms. The molecule has 0 unspecified atom stereocenters. The Morgan fingerprint density at radius 1 is 1.28 bits per heavy atom. The fraction of sp³-hybridized carbons (Fsp3) is 0.529. The Morgan fingerprint density at radius 2 is 2.00 bits per heavy atom. The van der Waals surface area contributed by atoms with Gasteiger partial charge in [0.15, 0.2) is 0 Å². The molecule has 8 heteroatoms. The van der Waals surface area contributed by atoms with Gasteiger partial charge in [0, 0.05) is 18.8 Å². The average molecular weight is 357 g/mol. The second-order valence-corrected chi connectivity index (χ2v) is 6.14. The van der Waals surface area contributed by atoms with Crippen LogP contribution in [0.25, 0.3) is 0 Å². The molecular formula is C17H22F3N3O2. The van der Waals surface area contributed by atoms with E-state index in [9.17, 15) is 22.8 Å². The minimum atomic E-state index is -4.89. The van der Waals surface area contributed by atoms with Gasteiger partial charge in [0.2, 0.25) is 5.91 Å². The van der Waals surface area contributed by atoms with Crippen molar-refractivity contribution in [2.45, 2.75) is 32.5 Å². The Morgan fingerprint density at radius 3 is 2.60 bits per heavy atom. The van der Waals surface area contributed by atoms with Crippen LogP contribution < -0.4 is 10.6 Å². The van der Waals surface area contributed by atoms with Crippen LogP contribution in [0.1, 0.15) is 25.3 Å². The summed E-state index contributed by atoms with van der Waals surface area (Å²) in [4.78, 5) is 23.9. The quantitative estimate of drug-likeness (QED) is 0.752. The Balaban J connectivity index is 1.90. The zero-order valence-corrected chi connectivity index (χ0v) is 14.0. The first-order chi connectivity index (χ1) is 11.8. The van der Waals surface area contributed by atoms with Crippen molar-refractivity contribution >= 4 is 17.5 Å². The van der Waals surface area contributed by atoms with E-state index in [1.807, 2.05) is 0 Å². The topological polar surface area (TPSA) is 61.4 Å². The number of hydrogen-bond acceptors (Lipinski definition) is 3.